The fraction of sp³-hybridized carbons (Fsp3) is 0.667. The first-order valence-corrected chi connectivity index (χ1v) is 3.54. The van der Waals surface area contributed by atoms with Gasteiger partial charge in [0.05, 0.1) is 6.54 Å². The van der Waals surface area contributed by atoms with Gasteiger partial charge < -0.3 is 16.4 Å². The molecule has 1 rings (SSSR count). The quantitative estimate of drug-likeness (QED) is 0.571. The molecule has 6 heteroatoms. The van der Waals surface area contributed by atoms with Crippen molar-refractivity contribution < 1.29 is 4.79 Å². The minimum atomic E-state index is -0.374. The third-order valence-corrected chi connectivity index (χ3v) is 1.45. The molecule has 1 amide bonds. The van der Waals surface area contributed by atoms with Crippen LogP contribution in [0, 0.1) is 0 Å². The van der Waals surface area contributed by atoms with Crippen LogP contribution in [0.1, 0.15) is 6.92 Å². The van der Waals surface area contributed by atoms with Gasteiger partial charge in [-0.3, -0.25) is 9.79 Å². The Morgan fingerprint density at radius 3 is 2.92 bits per heavy atom. The molecule has 12 heavy (non-hydrogen) atoms. The number of nitrogens with two attached hydrogens (primary N) is 1. The van der Waals surface area contributed by atoms with Gasteiger partial charge in [-0.25, -0.2) is 0 Å². The lowest BCUT2D eigenvalue weighted by Gasteiger charge is -2.10. The van der Waals surface area contributed by atoms with Gasteiger partial charge in [0.1, 0.15) is 6.04 Å². The molecule has 0 aromatic heterocycles. The van der Waals surface area contributed by atoms with E-state index in [2.05, 4.69) is 15.6 Å². The summed E-state index contributed by atoms with van der Waals surface area (Å²) >= 11 is 0. The van der Waals surface area contributed by atoms with Crippen molar-refractivity contribution in [1.29, 1.82) is 0 Å². The number of hydrogen-bond donors (Lipinski definition) is 3. The van der Waals surface area contributed by atoms with E-state index in [9.17, 15) is 4.79 Å². The molecule has 0 aromatic rings. The van der Waals surface area contributed by atoms with E-state index in [0.29, 0.717) is 5.96 Å². The van der Waals surface area contributed by atoms with Gasteiger partial charge >= 0.3 is 0 Å². The number of guanidine groups is 1. The number of halogens is 1. The van der Waals surface area contributed by atoms with E-state index in [4.69, 9.17) is 5.73 Å². The molecule has 0 aliphatic carbocycles. The Labute approximate surface area is 88.2 Å². The highest BCUT2D eigenvalue weighted by Gasteiger charge is 2.11. The van der Waals surface area contributed by atoms with Crippen LogP contribution >= 0.6 is 24.0 Å². The van der Waals surface area contributed by atoms with Gasteiger partial charge in [0.2, 0.25) is 5.91 Å². The normalized spacial score (nSPS) is 16.9. The molecular weight excluding hydrogens is 271 g/mol. The summed E-state index contributed by atoms with van der Waals surface area (Å²) in [7, 11) is 0. The molecule has 0 aromatic carbocycles. The van der Waals surface area contributed by atoms with E-state index < -0.39 is 0 Å². The fourth-order valence-corrected chi connectivity index (χ4v) is 0.771. The van der Waals surface area contributed by atoms with E-state index >= 15 is 0 Å². The Morgan fingerprint density at radius 2 is 2.50 bits per heavy atom. The smallest absolute Gasteiger partial charge is 0.239 e. The highest BCUT2D eigenvalue weighted by molar-refractivity contribution is 14.0. The fourth-order valence-electron chi connectivity index (χ4n) is 0.771. The minimum Gasteiger partial charge on any atom is -0.368 e. The molecule has 1 heterocycles. The number of aliphatic imine (C=N–C) groups is 1. The van der Waals surface area contributed by atoms with Crippen molar-refractivity contribution in [3.8, 4) is 0 Å². The molecule has 4 N–H and O–H groups in total. The second-order valence-electron chi connectivity index (χ2n) is 2.43. The highest BCUT2D eigenvalue weighted by atomic mass is 127. The monoisotopic (exact) mass is 284 g/mol. The SMILES string of the molecule is C[C@H](NC1=NCCN1)C(N)=O.I. The van der Waals surface area contributed by atoms with E-state index in [1.165, 1.54) is 0 Å². The van der Waals surface area contributed by atoms with Gasteiger partial charge in [0, 0.05) is 6.54 Å². The van der Waals surface area contributed by atoms with Gasteiger partial charge in [0.15, 0.2) is 5.96 Å². The molecule has 0 spiro atoms. The number of rotatable bonds is 2. The largest absolute Gasteiger partial charge is 0.368 e. The lowest BCUT2D eigenvalue weighted by Crippen LogP contribution is -2.46. The maximum atomic E-state index is 10.6. The lowest BCUT2D eigenvalue weighted by atomic mass is 10.3. The molecule has 0 radical (unpaired) electrons. The van der Waals surface area contributed by atoms with Crippen molar-refractivity contribution in [2.45, 2.75) is 13.0 Å². The first-order valence-electron chi connectivity index (χ1n) is 3.54. The van der Waals surface area contributed by atoms with Crippen LogP contribution in [0.3, 0.4) is 0 Å². The average Bonchev–Trinajstić information content (AvgIpc) is 2.39. The summed E-state index contributed by atoms with van der Waals surface area (Å²) in [6, 6.07) is -0.362. The summed E-state index contributed by atoms with van der Waals surface area (Å²) < 4.78 is 0. The van der Waals surface area contributed by atoms with Crippen molar-refractivity contribution >= 4 is 35.8 Å². The number of amides is 1. The van der Waals surface area contributed by atoms with Crippen LogP contribution in [-0.2, 0) is 4.79 Å². The maximum absolute atomic E-state index is 10.6. The van der Waals surface area contributed by atoms with Gasteiger partial charge in [0.25, 0.3) is 0 Å². The molecular formula is C6H13IN4O. The Kier molecular flexibility index (Phi) is 4.95. The zero-order valence-corrected chi connectivity index (χ0v) is 9.16. The number of carbonyl (C=O) groups excluding carboxylic acids is 1. The van der Waals surface area contributed by atoms with Gasteiger partial charge in [-0.2, -0.15) is 0 Å². The first kappa shape index (κ1) is 11.5. The molecule has 1 atom stereocenters. The molecule has 0 unspecified atom stereocenters. The summed E-state index contributed by atoms with van der Waals surface area (Å²) in [5.41, 5.74) is 5.03. The van der Waals surface area contributed by atoms with E-state index in [1.54, 1.807) is 6.92 Å². The van der Waals surface area contributed by atoms with Crippen molar-refractivity contribution in [2.75, 3.05) is 13.1 Å². The van der Waals surface area contributed by atoms with Gasteiger partial charge in [-0.15, -0.1) is 24.0 Å². The molecule has 70 valence electrons. The third kappa shape index (κ3) is 3.24. The Morgan fingerprint density at radius 1 is 1.83 bits per heavy atom. The molecule has 1 aliphatic heterocycles. The van der Waals surface area contributed by atoms with E-state index in [0.717, 1.165) is 13.1 Å². The standard InChI is InChI=1S/C6H12N4O.HI/c1-4(5(7)11)10-6-8-2-3-9-6;/h4H,2-3H2,1H3,(H2,7,11)(H2,8,9,10);1H/t4-;/m0./s1. The van der Waals surface area contributed by atoms with Crippen LogP contribution in [0.2, 0.25) is 0 Å². The Balaban J connectivity index is 0.00000121. The maximum Gasteiger partial charge on any atom is 0.239 e. The predicted molar refractivity (Wildman–Crippen MR) is 57.5 cm³/mol. The second kappa shape index (κ2) is 5.18. The number of nitrogens with one attached hydrogen (secondary N) is 2. The summed E-state index contributed by atoms with van der Waals surface area (Å²) in [4.78, 5) is 14.6. The second-order valence-corrected chi connectivity index (χ2v) is 2.43. The number of primary amides is 1. The molecule has 0 saturated carbocycles. The minimum absolute atomic E-state index is 0. The third-order valence-electron chi connectivity index (χ3n) is 1.45. The van der Waals surface area contributed by atoms with Crippen LogP contribution in [0.25, 0.3) is 0 Å². The van der Waals surface area contributed by atoms with Crippen molar-refractivity contribution in [3.63, 3.8) is 0 Å². The van der Waals surface area contributed by atoms with Gasteiger partial charge in [-0.1, -0.05) is 0 Å². The van der Waals surface area contributed by atoms with Crippen LogP contribution in [0.15, 0.2) is 4.99 Å². The van der Waals surface area contributed by atoms with Crippen molar-refractivity contribution in [1.82, 2.24) is 10.6 Å². The summed E-state index contributed by atoms with van der Waals surface area (Å²) in [5, 5.41) is 5.82. The molecule has 1 aliphatic rings. The number of carbonyl (C=O) groups is 1. The molecule has 0 saturated heterocycles. The lowest BCUT2D eigenvalue weighted by molar-refractivity contribution is -0.119. The molecule has 0 bridgehead atoms. The van der Waals surface area contributed by atoms with Crippen LogP contribution < -0.4 is 16.4 Å². The summed E-state index contributed by atoms with van der Waals surface area (Å²) in [6.45, 7) is 3.28. The average molecular weight is 284 g/mol. The molecule has 0 fully saturated rings. The zero-order valence-electron chi connectivity index (χ0n) is 6.83. The van der Waals surface area contributed by atoms with Crippen molar-refractivity contribution in [3.05, 3.63) is 0 Å². The Bertz CT molecular complexity index is 194. The highest BCUT2D eigenvalue weighted by Crippen LogP contribution is 1.84. The predicted octanol–water partition coefficient (Wildman–Crippen LogP) is -0.973. The van der Waals surface area contributed by atoms with Crippen LogP contribution in [-0.4, -0.2) is 31.0 Å². The van der Waals surface area contributed by atoms with Gasteiger partial charge in [-0.05, 0) is 6.92 Å². The number of nitrogens with zero attached hydrogens (tertiary/aromatic N) is 1. The van der Waals surface area contributed by atoms with Crippen LogP contribution in [0.5, 0.6) is 0 Å². The molecule has 5 nitrogen and oxygen atoms in total. The number of hydrogen-bond acceptors (Lipinski definition) is 4. The topological polar surface area (TPSA) is 79.5 Å². The zero-order chi connectivity index (χ0) is 8.27. The van der Waals surface area contributed by atoms with E-state index in [-0.39, 0.29) is 35.9 Å². The van der Waals surface area contributed by atoms with E-state index in [1.807, 2.05) is 0 Å². The van der Waals surface area contributed by atoms with Crippen LogP contribution in [0.4, 0.5) is 0 Å². The Hall–Kier alpha value is -0.530. The first-order chi connectivity index (χ1) is 5.20. The summed E-state index contributed by atoms with van der Waals surface area (Å²) in [5.74, 6) is 0.290. The van der Waals surface area contributed by atoms with Crippen molar-refractivity contribution in [2.24, 2.45) is 10.7 Å². The summed E-state index contributed by atoms with van der Waals surface area (Å²) in [6.07, 6.45) is 0.